The van der Waals surface area contributed by atoms with Gasteiger partial charge in [-0.1, -0.05) is 50.1 Å². The Hall–Kier alpha value is -0.850. The lowest BCUT2D eigenvalue weighted by molar-refractivity contribution is 0.586. The van der Waals surface area contributed by atoms with Gasteiger partial charge in [-0.05, 0) is 42.3 Å². The van der Waals surface area contributed by atoms with Gasteiger partial charge >= 0.3 is 0 Å². The van der Waals surface area contributed by atoms with Crippen molar-refractivity contribution in [3.8, 4) is 0 Å². The third-order valence-corrected chi connectivity index (χ3v) is 6.78. The number of fused-ring (bicyclic) bond motifs is 1. The molecular weight excluding hydrogens is 418 g/mol. The SMILES string of the molecule is O=S(=O)(c1ccccc1)N1CCC(Br)c2cc(Br)ccc21. The smallest absolute Gasteiger partial charge is 0.264 e. The summed E-state index contributed by atoms with van der Waals surface area (Å²) in [6.07, 6.45) is 0.746. The van der Waals surface area contributed by atoms with Gasteiger partial charge < -0.3 is 0 Å². The van der Waals surface area contributed by atoms with Gasteiger partial charge in [0.2, 0.25) is 0 Å². The van der Waals surface area contributed by atoms with E-state index in [4.69, 9.17) is 0 Å². The van der Waals surface area contributed by atoms with E-state index in [2.05, 4.69) is 31.9 Å². The average Bonchev–Trinajstić information content (AvgIpc) is 2.49. The molecule has 0 N–H and O–H groups in total. The van der Waals surface area contributed by atoms with E-state index >= 15 is 0 Å². The minimum atomic E-state index is -3.51. The highest BCUT2D eigenvalue weighted by Crippen LogP contribution is 2.42. The first-order valence-corrected chi connectivity index (χ1v) is 9.66. The van der Waals surface area contributed by atoms with Crippen LogP contribution in [0.5, 0.6) is 0 Å². The molecule has 3 rings (SSSR count). The molecule has 2 aromatic rings. The van der Waals surface area contributed by atoms with E-state index in [1.54, 1.807) is 24.3 Å². The third kappa shape index (κ3) is 2.76. The molecule has 21 heavy (non-hydrogen) atoms. The molecule has 6 heteroatoms. The Bertz CT molecular complexity index is 762. The highest BCUT2D eigenvalue weighted by molar-refractivity contribution is 9.10. The van der Waals surface area contributed by atoms with E-state index in [9.17, 15) is 8.42 Å². The molecule has 0 amide bonds. The van der Waals surface area contributed by atoms with Gasteiger partial charge in [-0.3, -0.25) is 4.31 Å². The van der Waals surface area contributed by atoms with Crippen molar-refractivity contribution in [3.63, 3.8) is 0 Å². The molecule has 0 radical (unpaired) electrons. The number of hydrogen-bond donors (Lipinski definition) is 0. The maximum absolute atomic E-state index is 12.8. The zero-order chi connectivity index (χ0) is 15.0. The lowest BCUT2D eigenvalue weighted by atomic mass is 10.0. The van der Waals surface area contributed by atoms with Crippen LogP contribution < -0.4 is 4.31 Å². The van der Waals surface area contributed by atoms with E-state index in [0.29, 0.717) is 11.4 Å². The summed E-state index contributed by atoms with van der Waals surface area (Å²) in [5.74, 6) is 0. The molecule has 1 unspecified atom stereocenters. The molecule has 110 valence electrons. The number of alkyl halides is 1. The van der Waals surface area contributed by atoms with Crippen LogP contribution in [0.4, 0.5) is 5.69 Å². The molecule has 0 spiro atoms. The Labute approximate surface area is 141 Å². The number of benzene rings is 2. The molecule has 1 aliphatic rings. The normalized spacial score (nSPS) is 18.4. The zero-order valence-corrected chi connectivity index (χ0v) is 15.0. The minimum Gasteiger partial charge on any atom is -0.266 e. The van der Waals surface area contributed by atoms with Crippen LogP contribution in [0, 0.1) is 0 Å². The van der Waals surface area contributed by atoms with Crippen LogP contribution in [-0.2, 0) is 10.0 Å². The second-order valence-electron chi connectivity index (χ2n) is 4.85. The Morgan fingerprint density at radius 1 is 1.10 bits per heavy atom. The number of rotatable bonds is 2. The van der Waals surface area contributed by atoms with Crippen molar-refractivity contribution >= 4 is 47.6 Å². The van der Waals surface area contributed by atoms with Gasteiger partial charge in [0, 0.05) is 15.8 Å². The number of nitrogens with zero attached hydrogens (tertiary/aromatic N) is 1. The van der Waals surface area contributed by atoms with Gasteiger partial charge in [-0.15, -0.1) is 0 Å². The number of halogens is 2. The van der Waals surface area contributed by atoms with Crippen LogP contribution in [0.1, 0.15) is 16.8 Å². The summed E-state index contributed by atoms with van der Waals surface area (Å²) in [5, 5.41) is 0. The van der Waals surface area contributed by atoms with Crippen LogP contribution in [-0.4, -0.2) is 15.0 Å². The highest BCUT2D eigenvalue weighted by atomic mass is 79.9. The molecule has 0 aliphatic carbocycles. The summed E-state index contributed by atoms with van der Waals surface area (Å²) in [4.78, 5) is 0.499. The molecule has 0 aromatic heterocycles. The molecule has 0 saturated carbocycles. The monoisotopic (exact) mass is 429 g/mol. The van der Waals surface area contributed by atoms with Crippen LogP contribution >= 0.6 is 31.9 Å². The van der Waals surface area contributed by atoms with E-state index in [-0.39, 0.29) is 4.83 Å². The van der Waals surface area contributed by atoms with Crippen molar-refractivity contribution in [3.05, 3.63) is 58.6 Å². The second-order valence-corrected chi connectivity index (χ2v) is 8.73. The highest BCUT2D eigenvalue weighted by Gasteiger charge is 2.32. The van der Waals surface area contributed by atoms with Gasteiger partial charge in [0.1, 0.15) is 0 Å². The van der Waals surface area contributed by atoms with Crippen molar-refractivity contribution in [2.24, 2.45) is 0 Å². The molecule has 1 aliphatic heterocycles. The molecule has 0 saturated heterocycles. The predicted octanol–water partition coefficient (Wildman–Crippen LogP) is 4.48. The topological polar surface area (TPSA) is 37.4 Å². The average molecular weight is 431 g/mol. The van der Waals surface area contributed by atoms with Crippen molar-refractivity contribution in [1.82, 2.24) is 0 Å². The first-order valence-electron chi connectivity index (χ1n) is 6.51. The van der Waals surface area contributed by atoms with E-state index in [1.165, 1.54) is 4.31 Å². The largest absolute Gasteiger partial charge is 0.266 e. The Kier molecular flexibility index (Phi) is 4.12. The molecular formula is C15H13Br2NO2S. The molecule has 3 nitrogen and oxygen atoms in total. The number of sulfonamides is 1. The summed E-state index contributed by atoms with van der Waals surface area (Å²) < 4.78 is 28.1. The van der Waals surface area contributed by atoms with Gasteiger partial charge in [-0.25, -0.2) is 8.42 Å². The Morgan fingerprint density at radius 3 is 2.52 bits per heavy atom. The van der Waals surface area contributed by atoms with Crippen LogP contribution in [0.15, 0.2) is 57.9 Å². The maximum atomic E-state index is 12.8. The van der Waals surface area contributed by atoms with Crippen LogP contribution in [0.25, 0.3) is 0 Å². The summed E-state index contributed by atoms with van der Waals surface area (Å²) in [7, 11) is -3.51. The fourth-order valence-corrected chi connectivity index (χ4v) is 4.96. The van der Waals surface area contributed by atoms with Crippen molar-refractivity contribution in [2.75, 3.05) is 10.8 Å². The molecule has 1 heterocycles. The van der Waals surface area contributed by atoms with E-state index in [0.717, 1.165) is 22.1 Å². The fourth-order valence-electron chi connectivity index (χ4n) is 2.48. The van der Waals surface area contributed by atoms with Crippen molar-refractivity contribution < 1.29 is 8.42 Å². The maximum Gasteiger partial charge on any atom is 0.264 e. The molecule has 2 aromatic carbocycles. The zero-order valence-electron chi connectivity index (χ0n) is 11.0. The fraction of sp³-hybridized carbons (Fsp3) is 0.200. The minimum absolute atomic E-state index is 0.173. The van der Waals surface area contributed by atoms with Gasteiger partial charge in [0.15, 0.2) is 0 Å². The van der Waals surface area contributed by atoms with E-state index in [1.807, 2.05) is 24.3 Å². The van der Waals surface area contributed by atoms with Crippen LogP contribution in [0.3, 0.4) is 0 Å². The second kappa shape index (κ2) is 5.74. The summed E-state index contributed by atoms with van der Waals surface area (Å²) in [6.45, 7) is 0.474. The lowest BCUT2D eigenvalue weighted by Gasteiger charge is -2.33. The van der Waals surface area contributed by atoms with Gasteiger partial charge in [0.25, 0.3) is 10.0 Å². The van der Waals surface area contributed by atoms with Crippen molar-refractivity contribution in [2.45, 2.75) is 16.1 Å². The summed E-state index contributed by atoms with van der Waals surface area (Å²) in [6, 6.07) is 14.3. The number of anilines is 1. The Balaban J connectivity index is 2.12. The van der Waals surface area contributed by atoms with Gasteiger partial charge in [0.05, 0.1) is 10.6 Å². The van der Waals surface area contributed by atoms with Crippen LogP contribution in [0.2, 0.25) is 0 Å². The third-order valence-electron chi connectivity index (χ3n) is 3.51. The first kappa shape index (κ1) is 15.1. The first-order chi connectivity index (χ1) is 10.00. The Morgan fingerprint density at radius 2 is 1.81 bits per heavy atom. The van der Waals surface area contributed by atoms with Crippen molar-refractivity contribution in [1.29, 1.82) is 0 Å². The predicted molar refractivity (Wildman–Crippen MR) is 91.4 cm³/mol. The molecule has 1 atom stereocenters. The summed E-state index contributed by atoms with van der Waals surface area (Å²) in [5.41, 5.74) is 1.74. The summed E-state index contributed by atoms with van der Waals surface area (Å²) >= 11 is 7.07. The number of hydrogen-bond acceptors (Lipinski definition) is 2. The molecule has 0 bridgehead atoms. The standard InChI is InChI=1S/C15H13Br2NO2S/c16-11-6-7-15-13(10-11)14(17)8-9-18(15)21(19,20)12-4-2-1-3-5-12/h1-7,10,14H,8-9H2. The molecule has 0 fully saturated rings. The van der Waals surface area contributed by atoms with Gasteiger partial charge in [-0.2, -0.15) is 0 Å². The quantitative estimate of drug-likeness (QED) is 0.658. The van der Waals surface area contributed by atoms with E-state index < -0.39 is 10.0 Å². The lowest BCUT2D eigenvalue weighted by Crippen LogP contribution is -2.35.